The molecule has 1 saturated heterocycles. The van der Waals surface area contributed by atoms with Crippen LogP contribution in [0.2, 0.25) is 5.02 Å². The molecule has 2 rings (SSSR count). The van der Waals surface area contributed by atoms with Crippen molar-refractivity contribution < 1.29 is 4.74 Å². The first-order valence-electron chi connectivity index (χ1n) is 7.97. The fraction of sp³-hybridized carbons (Fsp3) is 0.688. The highest BCUT2D eigenvalue weighted by atomic mass is 35.5. The van der Waals surface area contributed by atoms with E-state index in [2.05, 4.69) is 24.1 Å². The highest BCUT2D eigenvalue weighted by Gasteiger charge is 2.21. The predicted octanol–water partition coefficient (Wildman–Crippen LogP) is 3.24. The third-order valence-corrected chi connectivity index (χ3v) is 4.07. The summed E-state index contributed by atoms with van der Waals surface area (Å²) < 4.78 is 5.76. The molecule has 2 heterocycles. The molecular weight excluding hydrogens is 286 g/mol. The van der Waals surface area contributed by atoms with E-state index >= 15 is 0 Å². The molecule has 1 aromatic rings. The minimum atomic E-state index is 0.322. The SMILES string of the molecule is CCCNCc1nc(N2CCCC(OCC)C2)ccc1Cl. The topological polar surface area (TPSA) is 37.4 Å². The zero-order chi connectivity index (χ0) is 15.1. The molecular formula is C16H26ClN3O. The number of nitrogens with zero attached hydrogens (tertiary/aromatic N) is 2. The summed E-state index contributed by atoms with van der Waals surface area (Å²) in [6.45, 7) is 8.65. The Morgan fingerprint density at radius 2 is 2.29 bits per heavy atom. The van der Waals surface area contributed by atoms with E-state index in [0.717, 1.165) is 68.6 Å². The van der Waals surface area contributed by atoms with E-state index < -0.39 is 0 Å². The van der Waals surface area contributed by atoms with Crippen LogP contribution < -0.4 is 10.2 Å². The van der Waals surface area contributed by atoms with Crippen molar-refractivity contribution in [3.63, 3.8) is 0 Å². The molecule has 21 heavy (non-hydrogen) atoms. The standard InChI is InChI=1S/C16H26ClN3O/c1-3-9-18-11-15-14(17)7-8-16(19-15)20-10-5-6-13(12-20)21-4-2/h7-8,13,18H,3-6,9-12H2,1-2H3. The molecule has 1 N–H and O–H groups in total. The monoisotopic (exact) mass is 311 g/mol. The summed E-state index contributed by atoms with van der Waals surface area (Å²) in [6, 6.07) is 3.97. The van der Waals surface area contributed by atoms with Gasteiger partial charge in [0.25, 0.3) is 0 Å². The quantitative estimate of drug-likeness (QED) is 0.784. The normalized spacial score (nSPS) is 19.0. The van der Waals surface area contributed by atoms with Crippen LogP contribution >= 0.6 is 11.6 Å². The van der Waals surface area contributed by atoms with Crippen LogP contribution in [0.3, 0.4) is 0 Å². The van der Waals surface area contributed by atoms with Crippen molar-refractivity contribution in [3.8, 4) is 0 Å². The highest BCUT2D eigenvalue weighted by molar-refractivity contribution is 6.31. The lowest BCUT2D eigenvalue weighted by Crippen LogP contribution is -2.40. The Labute approximate surface area is 132 Å². The fourth-order valence-electron chi connectivity index (χ4n) is 2.67. The number of pyridine rings is 1. The molecule has 4 nitrogen and oxygen atoms in total. The van der Waals surface area contributed by atoms with Crippen molar-refractivity contribution in [1.82, 2.24) is 10.3 Å². The van der Waals surface area contributed by atoms with Gasteiger partial charge in [-0.25, -0.2) is 4.98 Å². The number of ether oxygens (including phenoxy) is 1. The van der Waals surface area contributed by atoms with Crippen LogP contribution in [0.1, 0.15) is 38.8 Å². The van der Waals surface area contributed by atoms with Crippen LogP contribution in [-0.4, -0.2) is 37.3 Å². The fourth-order valence-corrected chi connectivity index (χ4v) is 2.85. The number of nitrogens with one attached hydrogen (secondary N) is 1. The van der Waals surface area contributed by atoms with Gasteiger partial charge in [-0.05, 0) is 44.9 Å². The summed E-state index contributed by atoms with van der Waals surface area (Å²) in [5, 5.41) is 4.10. The molecule has 118 valence electrons. The van der Waals surface area contributed by atoms with E-state index in [9.17, 15) is 0 Å². The molecule has 0 aromatic carbocycles. The molecule has 1 aliphatic heterocycles. The number of hydrogen-bond acceptors (Lipinski definition) is 4. The summed E-state index contributed by atoms with van der Waals surface area (Å²) in [6.07, 6.45) is 3.73. The molecule has 0 bridgehead atoms. The van der Waals surface area contributed by atoms with Crippen LogP contribution in [0, 0.1) is 0 Å². The Kier molecular flexibility index (Phi) is 6.74. The van der Waals surface area contributed by atoms with E-state index in [1.165, 1.54) is 0 Å². The Morgan fingerprint density at radius 1 is 1.43 bits per heavy atom. The average molecular weight is 312 g/mol. The van der Waals surface area contributed by atoms with Crippen molar-refractivity contribution in [2.45, 2.75) is 45.8 Å². The lowest BCUT2D eigenvalue weighted by Gasteiger charge is -2.33. The summed E-state index contributed by atoms with van der Waals surface area (Å²) in [4.78, 5) is 7.05. The second kappa shape index (κ2) is 8.57. The van der Waals surface area contributed by atoms with Crippen molar-refractivity contribution in [2.24, 2.45) is 0 Å². The molecule has 1 atom stereocenters. The molecule has 0 aliphatic carbocycles. The molecule has 1 aromatic heterocycles. The van der Waals surface area contributed by atoms with Gasteiger partial charge in [-0.15, -0.1) is 0 Å². The molecule has 0 amide bonds. The lowest BCUT2D eigenvalue weighted by molar-refractivity contribution is 0.0525. The third-order valence-electron chi connectivity index (χ3n) is 3.73. The van der Waals surface area contributed by atoms with Crippen molar-refractivity contribution >= 4 is 17.4 Å². The minimum Gasteiger partial charge on any atom is -0.377 e. The van der Waals surface area contributed by atoms with E-state index in [0.29, 0.717) is 6.10 Å². The summed E-state index contributed by atoms with van der Waals surface area (Å²) in [7, 11) is 0. The first kappa shape index (κ1) is 16.5. The smallest absolute Gasteiger partial charge is 0.129 e. The van der Waals surface area contributed by atoms with Crippen LogP contribution in [-0.2, 0) is 11.3 Å². The van der Waals surface area contributed by atoms with Gasteiger partial charge in [-0.1, -0.05) is 18.5 Å². The molecule has 1 unspecified atom stereocenters. The lowest BCUT2D eigenvalue weighted by atomic mass is 10.1. The Balaban J connectivity index is 2.03. The van der Waals surface area contributed by atoms with Crippen LogP contribution in [0.15, 0.2) is 12.1 Å². The van der Waals surface area contributed by atoms with E-state index in [-0.39, 0.29) is 0 Å². The Morgan fingerprint density at radius 3 is 3.05 bits per heavy atom. The van der Waals surface area contributed by atoms with Gasteiger partial charge in [-0.2, -0.15) is 0 Å². The summed E-state index contributed by atoms with van der Waals surface area (Å²) >= 11 is 6.25. The maximum atomic E-state index is 6.25. The molecule has 0 saturated carbocycles. The molecule has 1 aliphatic rings. The van der Waals surface area contributed by atoms with Gasteiger partial charge in [0.1, 0.15) is 5.82 Å². The average Bonchev–Trinajstić information content (AvgIpc) is 2.50. The van der Waals surface area contributed by atoms with Gasteiger partial charge in [0, 0.05) is 26.2 Å². The van der Waals surface area contributed by atoms with Crippen LogP contribution in [0.4, 0.5) is 5.82 Å². The number of aromatic nitrogens is 1. The highest BCUT2D eigenvalue weighted by Crippen LogP contribution is 2.23. The van der Waals surface area contributed by atoms with Gasteiger partial charge in [0.15, 0.2) is 0 Å². The van der Waals surface area contributed by atoms with E-state index in [4.69, 9.17) is 21.3 Å². The first-order valence-corrected chi connectivity index (χ1v) is 8.35. The number of piperidine rings is 1. The van der Waals surface area contributed by atoms with E-state index in [1.807, 2.05) is 12.1 Å². The second-order valence-corrected chi connectivity index (χ2v) is 5.85. The van der Waals surface area contributed by atoms with Gasteiger partial charge >= 0.3 is 0 Å². The van der Waals surface area contributed by atoms with Crippen LogP contribution in [0.5, 0.6) is 0 Å². The summed E-state index contributed by atoms with van der Waals surface area (Å²) in [5.41, 5.74) is 0.932. The predicted molar refractivity (Wildman–Crippen MR) is 88.1 cm³/mol. The van der Waals surface area contributed by atoms with Gasteiger partial charge in [0.05, 0.1) is 16.8 Å². The summed E-state index contributed by atoms with van der Waals surface area (Å²) in [5.74, 6) is 1.01. The van der Waals surface area contributed by atoms with Crippen LogP contribution in [0.25, 0.3) is 0 Å². The molecule has 5 heteroatoms. The number of hydrogen-bond donors (Lipinski definition) is 1. The number of anilines is 1. The molecule has 0 spiro atoms. The largest absolute Gasteiger partial charge is 0.377 e. The van der Waals surface area contributed by atoms with Gasteiger partial charge in [-0.3, -0.25) is 0 Å². The number of rotatable bonds is 7. The number of halogens is 1. The van der Waals surface area contributed by atoms with Crippen molar-refractivity contribution in [1.29, 1.82) is 0 Å². The molecule has 0 radical (unpaired) electrons. The third kappa shape index (κ3) is 4.83. The van der Waals surface area contributed by atoms with Crippen molar-refractivity contribution in [2.75, 3.05) is 31.1 Å². The zero-order valence-electron chi connectivity index (χ0n) is 13.1. The van der Waals surface area contributed by atoms with Gasteiger partial charge in [0.2, 0.25) is 0 Å². The maximum Gasteiger partial charge on any atom is 0.129 e. The Hall–Kier alpha value is -0.840. The van der Waals surface area contributed by atoms with Crippen molar-refractivity contribution in [3.05, 3.63) is 22.8 Å². The zero-order valence-corrected chi connectivity index (χ0v) is 13.8. The second-order valence-electron chi connectivity index (χ2n) is 5.44. The minimum absolute atomic E-state index is 0.322. The van der Waals surface area contributed by atoms with Gasteiger partial charge < -0.3 is 15.0 Å². The Bertz CT molecular complexity index is 440. The first-order chi connectivity index (χ1) is 10.2. The maximum absolute atomic E-state index is 6.25. The molecule has 1 fully saturated rings. The van der Waals surface area contributed by atoms with E-state index in [1.54, 1.807) is 0 Å².